The predicted octanol–water partition coefficient (Wildman–Crippen LogP) is 4.50. The van der Waals surface area contributed by atoms with Gasteiger partial charge in [-0.1, -0.05) is 23.2 Å². The van der Waals surface area contributed by atoms with E-state index in [1.807, 2.05) is 0 Å². The third-order valence-electron chi connectivity index (χ3n) is 5.76. The summed E-state index contributed by atoms with van der Waals surface area (Å²) < 4.78 is 5.77. The first kappa shape index (κ1) is 24.3. The van der Waals surface area contributed by atoms with Crippen molar-refractivity contribution in [3.05, 3.63) is 73.9 Å². The number of imide groups is 1. The summed E-state index contributed by atoms with van der Waals surface area (Å²) in [6.07, 6.45) is -0.270. The number of amides is 2. The lowest BCUT2D eigenvalue weighted by Crippen LogP contribution is -2.32. The Hall–Kier alpha value is -4.41. The van der Waals surface area contributed by atoms with E-state index in [1.54, 1.807) is 0 Å². The minimum Gasteiger partial charge on any atom is -0.508 e. The molecule has 186 valence electrons. The average Bonchev–Trinajstić information content (AvgIpc) is 3.15. The third kappa shape index (κ3) is 4.05. The van der Waals surface area contributed by atoms with E-state index in [9.17, 15) is 34.2 Å². The van der Waals surface area contributed by atoms with Crippen molar-refractivity contribution in [2.75, 3.05) is 0 Å². The summed E-state index contributed by atoms with van der Waals surface area (Å²) in [4.78, 5) is 66.1. The number of halogens is 2. The zero-order valence-corrected chi connectivity index (χ0v) is 19.9. The van der Waals surface area contributed by atoms with Crippen molar-refractivity contribution in [3.8, 4) is 28.2 Å². The van der Waals surface area contributed by atoms with E-state index in [4.69, 9.17) is 32.5 Å². The first-order chi connectivity index (χ1) is 17.6. The molecule has 1 fully saturated rings. The number of nitrogens with zero attached hydrogens (tertiary/aromatic N) is 1. The number of carbonyl (C=O) groups is 4. The van der Waals surface area contributed by atoms with Gasteiger partial charge in [-0.05, 0) is 30.3 Å². The van der Waals surface area contributed by atoms with Crippen LogP contribution in [-0.2, 0) is 14.4 Å². The number of fused-ring (bicyclic) bond motifs is 2. The van der Waals surface area contributed by atoms with Crippen molar-refractivity contribution in [2.24, 2.45) is 0 Å². The lowest BCUT2D eigenvalue weighted by molar-refractivity contribution is -0.172. The molecule has 2 aromatic carbocycles. The van der Waals surface area contributed by atoms with E-state index in [1.165, 1.54) is 36.4 Å². The standard InChI is InChI=1S/C25H13Cl2NO9/c26-15-9-14(25(35)37-28-18(31)5-6-19(28)32)23(27)22(21(15)24(33)34)20-12-3-1-10(29)7-16(12)36-17-8-11(30)2-4-13(17)20/h1-4,7-9,29H,5-6H2,(H,33,34). The largest absolute Gasteiger partial charge is 0.508 e. The molecular formula is C25H13Cl2NO9. The van der Waals surface area contributed by atoms with Gasteiger partial charge in [-0.25, -0.2) is 9.59 Å². The Bertz CT molecular complexity index is 1690. The van der Waals surface area contributed by atoms with Gasteiger partial charge in [0.15, 0.2) is 5.43 Å². The third-order valence-corrected chi connectivity index (χ3v) is 6.45. The van der Waals surface area contributed by atoms with Gasteiger partial charge in [0.2, 0.25) is 0 Å². The molecule has 2 heterocycles. The van der Waals surface area contributed by atoms with Gasteiger partial charge in [0.25, 0.3) is 11.8 Å². The van der Waals surface area contributed by atoms with Crippen LogP contribution >= 0.6 is 23.2 Å². The van der Waals surface area contributed by atoms with Crippen molar-refractivity contribution in [2.45, 2.75) is 12.8 Å². The van der Waals surface area contributed by atoms with E-state index >= 15 is 0 Å². The molecular weight excluding hydrogens is 529 g/mol. The second-order valence-electron chi connectivity index (χ2n) is 8.05. The minimum atomic E-state index is -1.48. The topological polar surface area (TPSA) is 151 Å². The van der Waals surface area contributed by atoms with Crippen LogP contribution < -0.4 is 5.43 Å². The lowest BCUT2D eigenvalue weighted by atomic mass is 9.89. The molecule has 1 aliphatic carbocycles. The Morgan fingerprint density at radius 1 is 0.946 bits per heavy atom. The monoisotopic (exact) mass is 541 g/mol. The number of phenols is 1. The van der Waals surface area contributed by atoms with Crippen molar-refractivity contribution >= 4 is 57.9 Å². The van der Waals surface area contributed by atoms with Gasteiger partial charge in [-0.2, -0.15) is 0 Å². The van der Waals surface area contributed by atoms with Crippen LogP contribution in [0.25, 0.3) is 33.4 Å². The van der Waals surface area contributed by atoms with Crippen LogP contribution in [0.4, 0.5) is 0 Å². The number of rotatable bonds is 4. The van der Waals surface area contributed by atoms with E-state index in [0.717, 1.165) is 6.07 Å². The van der Waals surface area contributed by atoms with Gasteiger partial charge in [0, 0.05) is 47.1 Å². The smallest absolute Gasteiger partial charge is 0.365 e. The molecule has 1 saturated heterocycles. The van der Waals surface area contributed by atoms with Gasteiger partial charge in [-0.15, -0.1) is 5.06 Å². The number of hydroxylamine groups is 2. The highest BCUT2D eigenvalue weighted by atomic mass is 35.5. The van der Waals surface area contributed by atoms with Crippen LogP contribution in [0, 0.1) is 0 Å². The SMILES string of the molecule is O=C(ON1C(=O)CCC1=O)c1cc(Cl)c(C(=O)O)c(-c2c3ccc(=O)cc-3oc3cc(O)ccc23)c1Cl. The Balaban J connectivity index is 1.83. The molecule has 5 rings (SSSR count). The summed E-state index contributed by atoms with van der Waals surface area (Å²) in [7, 11) is 0. The van der Waals surface area contributed by atoms with Gasteiger partial charge in [0.1, 0.15) is 17.1 Å². The number of carboxylic acids is 1. The molecule has 2 amide bonds. The van der Waals surface area contributed by atoms with Crippen molar-refractivity contribution in [3.63, 3.8) is 0 Å². The normalized spacial score (nSPS) is 13.5. The molecule has 12 heteroatoms. The predicted molar refractivity (Wildman–Crippen MR) is 130 cm³/mol. The summed E-state index contributed by atoms with van der Waals surface area (Å²) in [5, 5.41) is 19.8. The molecule has 0 atom stereocenters. The molecule has 2 aromatic rings. The molecule has 2 aliphatic heterocycles. The fraction of sp³-hybridized carbons (Fsp3) is 0.0800. The van der Waals surface area contributed by atoms with Crippen molar-refractivity contribution < 1.29 is 38.6 Å². The molecule has 3 aliphatic rings. The Labute approximate surface area is 216 Å². The number of phenolic OH excluding ortho intramolecular Hbond substituents is 1. The number of aromatic hydroxyl groups is 1. The van der Waals surface area contributed by atoms with Crippen LogP contribution in [0.1, 0.15) is 33.6 Å². The van der Waals surface area contributed by atoms with Gasteiger partial charge in [0.05, 0.1) is 21.2 Å². The van der Waals surface area contributed by atoms with Gasteiger partial charge in [-0.3, -0.25) is 14.4 Å². The van der Waals surface area contributed by atoms with Crippen LogP contribution in [0.2, 0.25) is 10.0 Å². The quantitative estimate of drug-likeness (QED) is 0.281. The highest BCUT2D eigenvalue weighted by Gasteiger charge is 2.35. The van der Waals surface area contributed by atoms with Crippen LogP contribution in [0.15, 0.2) is 51.7 Å². The van der Waals surface area contributed by atoms with Crippen LogP contribution in [0.5, 0.6) is 5.75 Å². The fourth-order valence-corrected chi connectivity index (χ4v) is 4.74. The van der Waals surface area contributed by atoms with Gasteiger partial charge < -0.3 is 19.5 Å². The fourth-order valence-electron chi connectivity index (χ4n) is 4.14. The molecule has 0 radical (unpaired) electrons. The molecule has 2 N–H and O–H groups in total. The molecule has 10 nitrogen and oxygen atoms in total. The van der Waals surface area contributed by atoms with Crippen LogP contribution in [-0.4, -0.2) is 39.0 Å². The average molecular weight is 542 g/mol. The summed E-state index contributed by atoms with van der Waals surface area (Å²) >= 11 is 12.9. The Kier molecular flexibility index (Phi) is 5.85. The van der Waals surface area contributed by atoms with Crippen molar-refractivity contribution in [1.29, 1.82) is 0 Å². The molecule has 0 unspecified atom stereocenters. The zero-order valence-electron chi connectivity index (χ0n) is 18.4. The first-order valence-corrected chi connectivity index (χ1v) is 11.4. The molecule has 0 bridgehead atoms. The minimum absolute atomic E-state index is 0.0466. The van der Waals surface area contributed by atoms with E-state index in [2.05, 4.69) is 0 Å². The van der Waals surface area contributed by atoms with Gasteiger partial charge >= 0.3 is 11.9 Å². The molecule has 0 saturated carbocycles. The first-order valence-electron chi connectivity index (χ1n) is 10.6. The highest BCUT2D eigenvalue weighted by Crippen LogP contribution is 2.47. The zero-order chi connectivity index (χ0) is 26.6. The Morgan fingerprint density at radius 2 is 1.65 bits per heavy atom. The maximum atomic E-state index is 13.0. The van der Waals surface area contributed by atoms with E-state index in [0.29, 0.717) is 5.06 Å². The number of carbonyl (C=O) groups excluding carboxylic acids is 3. The maximum Gasteiger partial charge on any atom is 0.365 e. The number of carboxylic acid groups (broad SMARTS) is 1. The number of aromatic carboxylic acids is 1. The number of hydrogen-bond acceptors (Lipinski definition) is 8. The highest BCUT2D eigenvalue weighted by molar-refractivity contribution is 6.41. The van der Waals surface area contributed by atoms with Crippen molar-refractivity contribution in [1.82, 2.24) is 5.06 Å². The summed E-state index contributed by atoms with van der Waals surface area (Å²) in [5.41, 5.74) is -1.01. The second-order valence-corrected chi connectivity index (χ2v) is 8.84. The number of benzene rings is 3. The summed E-state index contributed by atoms with van der Waals surface area (Å²) in [5.74, 6) is -4.27. The second kappa shape index (κ2) is 8.91. The van der Waals surface area contributed by atoms with E-state index in [-0.39, 0.29) is 57.0 Å². The molecule has 37 heavy (non-hydrogen) atoms. The van der Waals surface area contributed by atoms with E-state index < -0.39 is 45.3 Å². The Morgan fingerprint density at radius 3 is 2.32 bits per heavy atom. The summed E-state index contributed by atoms with van der Waals surface area (Å²) in [6, 6.07) is 8.78. The molecule has 0 spiro atoms. The maximum absolute atomic E-state index is 13.0. The van der Waals surface area contributed by atoms with Crippen LogP contribution in [0.3, 0.4) is 0 Å². The lowest BCUT2D eigenvalue weighted by Gasteiger charge is -2.20. The number of hydrogen-bond donors (Lipinski definition) is 2. The summed E-state index contributed by atoms with van der Waals surface area (Å²) in [6.45, 7) is 0. The molecule has 0 aromatic heterocycles.